The predicted octanol–water partition coefficient (Wildman–Crippen LogP) is 0.954. The van der Waals surface area contributed by atoms with Crippen molar-refractivity contribution in [1.29, 1.82) is 0 Å². The minimum Gasteiger partial charge on any atom is -0.399 e. The smallest absolute Gasteiger partial charge is 0.356 e. The molecule has 0 atom stereocenters. The molecule has 1 saturated heterocycles. The van der Waals surface area contributed by atoms with Gasteiger partial charge in [-0.1, -0.05) is 0 Å². The molecule has 0 radical (unpaired) electrons. The fourth-order valence-electron chi connectivity index (χ4n) is 2.45. The molecule has 116 valence electrons. The van der Waals surface area contributed by atoms with E-state index in [4.69, 9.17) is 9.47 Å². The van der Waals surface area contributed by atoms with Crippen LogP contribution in [0.25, 0.3) is 0 Å². The third-order valence-electron chi connectivity index (χ3n) is 3.39. The summed E-state index contributed by atoms with van der Waals surface area (Å²) in [7, 11) is 0. The molecule has 0 unspecified atom stereocenters. The van der Waals surface area contributed by atoms with Gasteiger partial charge >= 0.3 is 17.8 Å². The van der Waals surface area contributed by atoms with Gasteiger partial charge in [0.05, 0.1) is 18.4 Å². The van der Waals surface area contributed by atoms with E-state index in [1.165, 1.54) is 0 Å². The molecular weight excluding hydrogens is 354 g/mol. The average molecular weight is 368 g/mol. The van der Waals surface area contributed by atoms with Crippen LogP contribution in [0, 0.1) is 0 Å². The summed E-state index contributed by atoms with van der Waals surface area (Å²) in [5.41, 5.74) is 0.703. The molecular formula is C14H14BrN3O4. The van der Waals surface area contributed by atoms with Crippen molar-refractivity contribution in [2.45, 2.75) is 12.3 Å². The third-order valence-corrected chi connectivity index (χ3v) is 3.86. The Bertz CT molecular complexity index is 597. The lowest BCUT2D eigenvalue weighted by atomic mass is 10.3. The van der Waals surface area contributed by atoms with Crippen LogP contribution >= 0.6 is 15.9 Å². The SMILES string of the molecule is O=C1C=CC(=O)OC2(CNCCCN2c2ccc(Br)nc2)O1. The third kappa shape index (κ3) is 2.97. The molecule has 2 aliphatic rings. The van der Waals surface area contributed by atoms with Gasteiger partial charge in [-0.05, 0) is 41.0 Å². The summed E-state index contributed by atoms with van der Waals surface area (Å²) in [5.74, 6) is -2.75. The van der Waals surface area contributed by atoms with Crippen molar-refractivity contribution < 1.29 is 19.1 Å². The summed E-state index contributed by atoms with van der Waals surface area (Å²) in [6.07, 6.45) is 4.58. The van der Waals surface area contributed by atoms with Crippen LogP contribution in [-0.4, -0.2) is 42.5 Å². The van der Waals surface area contributed by atoms with Crippen LogP contribution in [0.3, 0.4) is 0 Å². The molecule has 1 fully saturated rings. The number of rotatable bonds is 1. The summed E-state index contributed by atoms with van der Waals surface area (Å²) in [5, 5.41) is 3.13. The van der Waals surface area contributed by atoms with Crippen molar-refractivity contribution in [1.82, 2.24) is 10.3 Å². The quantitative estimate of drug-likeness (QED) is 0.584. The first kappa shape index (κ1) is 15.0. The van der Waals surface area contributed by atoms with Crippen LogP contribution in [0.1, 0.15) is 6.42 Å². The Morgan fingerprint density at radius 3 is 2.59 bits per heavy atom. The van der Waals surface area contributed by atoms with Gasteiger partial charge in [0.25, 0.3) is 0 Å². The van der Waals surface area contributed by atoms with E-state index in [0.29, 0.717) is 16.8 Å². The van der Waals surface area contributed by atoms with Crippen LogP contribution < -0.4 is 10.2 Å². The number of esters is 2. The molecule has 0 saturated carbocycles. The second kappa shape index (κ2) is 6.05. The second-order valence-electron chi connectivity index (χ2n) is 4.91. The number of halogens is 1. The largest absolute Gasteiger partial charge is 0.399 e. The number of nitrogens with one attached hydrogen (secondary N) is 1. The van der Waals surface area contributed by atoms with Crippen LogP contribution in [0.4, 0.5) is 5.69 Å². The van der Waals surface area contributed by atoms with Gasteiger partial charge in [0, 0.05) is 18.7 Å². The zero-order chi connectivity index (χ0) is 15.6. The number of aromatic nitrogens is 1. The van der Waals surface area contributed by atoms with Gasteiger partial charge < -0.3 is 14.8 Å². The normalized spacial score (nSPS) is 21.0. The number of ether oxygens (including phenoxy) is 2. The first-order chi connectivity index (χ1) is 10.6. The van der Waals surface area contributed by atoms with E-state index in [-0.39, 0.29) is 6.54 Å². The minimum atomic E-state index is -1.51. The maximum absolute atomic E-state index is 11.8. The first-order valence-electron chi connectivity index (χ1n) is 6.83. The Labute approximate surface area is 135 Å². The maximum Gasteiger partial charge on any atom is 0.356 e. The summed E-state index contributed by atoms with van der Waals surface area (Å²) in [6.45, 7) is 1.46. The van der Waals surface area contributed by atoms with E-state index < -0.39 is 17.8 Å². The summed E-state index contributed by atoms with van der Waals surface area (Å²) in [4.78, 5) is 29.6. The molecule has 1 aromatic heterocycles. The molecule has 0 aliphatic carbocycles. The highest BCUT2D eigenvalue weighted by molar-refractivity contribution is 9.10. The number of pyridine rings is 1. The number of anilines is 1. The molecule has 1 N–H and O–H groups in total. The molecule has 1 aromatic rings. The molecule has 0 aromatic carbocycles. The summed E-state index contributed by atoms with van der Waals surface area (Å²) < 4.78 is 11.6. The number of hydrogen-bond acceptors (Lipinski definition) is 7. The lowest BCUT2D eigenvalue weighted by molar-refractivity contribution is -0.217. The first-order valence-corrected chi connectivity index (χ1v) is 7.62. The Balaban J connectivity index is 2.01. The van der Waals surface area contributed by atoms with Crippen molar-refractivity contribution in [2.75, 3.05) is 24.5 Å². The molecule has 2 aliphatic heterocycles. The average Bonchev–Trinajstić information content (AvgIpc) is 2.77. The van der Waals surface area contributed by atoms with Gasteiger partial charge in [-0.2, -0.15) is 0 Å². The Kier molecular flexibility index (Phi) is 4.12. The standard InChI is InChI=1S/C14H14BrN3O4/c15-11-3-2-10(8-17-11)18-7-1-6-16-9-14(18)21-12(19)4-5-13(20)22-14/h2-5,8,16H,1,6-7,9H2. The Morgan fingerprint density at radius 2 is 1.95 bits per heavy atom. The minimum absolute atomic E-state index is 0.183. The fourth-order valence-corrected chi connectivity index (χ4v) is 2.68. The van der Waals surface area contributed by atoms with Crippen molar-refractivity contribution >= 4 is 33.6 Å². The Morgan fingerprint density at radius 1 is 1.23 bits per heavy atom. The van der Waals surface area contributed by atoms with Gasteiger partial charge in [0.2, 0.25) is 0 Å². The van der Waals surface area contributed by atoms with Crippen LogP contribution in [0.15, 0.2) is 35.1 Å². The lowest BCUT2D eigenvalue weighted by Crippen LogP contribution is -2.58. The highest BCUT2D eigenvalue weighted by atomic mass is 79.9. The number of carbonyl (C=O) groups is 2. The zero-order valence-electron chi connectivity index (χ0n) is 11.6. The zero-order valence-corrected chi connectivity index (χ0v) is 13.2. The van der Waals surface area contributed by atoms with E-state index in [1.54, 1.807) is 17.2 Å². The molecule has 3 heterocycles. The fraction of sp³-hybridized carbons (Fsp3) is 0.357. The van der Waals surface area contributed by atoms with Crippen molar-refractivity contribution in [3.63, 3.8) is 0 Å². The molecule has 1 spiro atoms. The van der Waals surface area contributed by atoms with E-state index in [0.717, 1.165) is 25.1 Å². The second-order valence-corrected chi connectivity index (χ2v) is 5.72. The van der Waals surface area contributed by atoms with Gasteiger partial charge in [0.1, 0.15) is 4.60 Å². The van der Waals surface area contributed by atoms with Gasteiger partial charge in [0.15, 0.2) is 0 Å². The maximum atomic E-state index is 11.8. The molecule has 0 amide bonds. The monoisotopic (exact) mass is 367 g/mol. The molecule has 0 bridgehead atoms. The topological polar surface area (TPSA) is 80.8 Å². The molecule has 22 heavy (non-hydrogen) atoms. The van der Waals surface area contributed by atoms with E-state index in [9.17, 15) is 9.59 Å². The van der Waals surface area contributed by atoms with E-state index >= 15 is 0 Å². The summed E-state index contributed by atoms with van der Waals surface area (Å²) in [6, 6.07) is 3.60. The van der Waals surface area contributed by atoms with Gasteiger partial charge in [-0.25, -0.2) is 14.6 Å². The number of hydrogen-bond donors (Lipinski definition) is 1. The molecule has 8 heteroatoms. The van der Waals surface area contributed by atoms with Gasteiger partial charge in [-0.15, -0.1) is 0 Å². The van der Waals surface area contributed by atoms with Crippen LogP contribution in [0.5, 0.6) is 0 Å². The van der Waals surface area contributed by atoms with Crippen molar-refractivity contribution in [3.8, 4) is 0 Å². The van der Waals surface area contributed by atoms with Gasteiger partial charge in [-0.3, -0.25) is 4.90 Å². The highest BCUT2D eigenvalue weighted by Gasteiger charge is 2.46. The molecule has 7 nitrogen and oxygen atoms in total. The number of carbonyl (C=O) groups excluding carboxylic acids is 2. The van der Waals surface area contributed by atoms with Crippen LogP contribution in [0.2, 0.25) is 0 Å². The van der Waals surface area contributed by atoms with E-state index in [2.05, 4.69) is 26.2 Å². The van der Waals surface area contributed by atoms with Crippen LogP contribution in [-0.2, 0) is 19.1 Å². The predicted molar refractivity (Wildman–Crippen MR) is 80.8 cm³/mol. The van der Waals surface area contributed by atoms with Crippen molar-refractivity contribution in [2.24, 2.45) is 0 Å². The lowest BCUT2D eigenvalue weighted by Gasteiger charge is -2.40. The van der Waals surface area contributed by atoms with E-state index in [1.807, 2.05) is 6.07 Å². The van der Waals surface area contributed by atoms with Crippen molar-refractivity contribution in [3.05, 3.63) is 35.1 Å². The number of nitrogens with zero attached hydrogens (tertiary/aromatic N) is 2. The summed E-state index contributed by atoms with van der Waals surface area (Å²) >= 11 is 3.28. The molecule has 3 rings (SSSR count). The highest BCUT2D eigenvalue weighted by Crippen LogP contribution is 2.30. The Hall–Kier alpha value is -1.93.